The summed E-state index contributed by atoms with van der Waals surface area (Å²) in [5.41, 5.74) is 0. The Balaban J connectivity index is 2.20. The number of fused-ring (bicyclic) bond motifs is 1. The third-order valence-electron chi connectivity index (χ3n) is 2.12. The number of rotatable bonds is 0. The Morgan fingerprint density at radius 1 is 1.55 bits per heavy atom. The Hall–Kier alpha value is 0.890. The van der Waals surface area contributed by atoms with Crippen LogP contribution in [-0.4, -0.2) is 20.1 Å². The maximum Gasteiger partial charge on any atom is 0.188 e. The topological polar surface area (TPSA) is 17.1 Å². The summed E-state index contributed by atoms with van der Waals surface area (Å²) in [6, 6.07) is 0. The van der Waals surface area contributed by atoms with Gasteiger partial charge in [-0.2, -0.15) is 0 Å². The first-order valence-corrected chi connectivity index (χ1v) is 5.38. The van der Waals surface area contributed by atoms with Crippen molar-refractivity contribution in [3.63, 3.8) is 0 Å². The minimum absolute atomic E-state index is 0.00771. The summed E-state index contributed by atoms with van der Waals surface area (Å²) in [5, 5.41) is 0.0285. The molecule has 2 aliphatic rings. The molecular weight excluding hydrogens is 226 g/mol. The van der Waals surface area contributed by atoms with Crippen LogP contribution in [0.15, 0.2) is 0 Å². The molecule has 0 unspecified atom stereocenters. The highest BCUT2D eigenvalue weighted by atomic mass is 35.5. The van der Waals surface area contributed by atoms with Crippen LogP contribution in [0.3, 0.4) is 0 Å². The fraction of sp³-hybridized carbons (Fsp3) is 0.833. The van der Waals surface area contributed by atoms with Gasteiger partial charge in [-0.05, 0) is 6.42 Å². The molecule has 62 valence electrons. The second kappa shape index (κ2) is 2.44. The van der Waals surface area contributed by atoms with E-state index in [1.807, 2.05) is 0 Å². The predicted octanol–water partition coefficient (Wildman–Crippen LogP) is 2.43. The summed E-state index contributed by atoms with van der Waals surface area (Å²) < 4.78 is -1.15. The molecule has 0 radical (unpaired) electrons. The number of hydrogen-bond acceptors (Lipinski definition) is 2. The van der Waals surface area contributed by atoms with Gasteiger partial charge in [0.2, 0.25) is 0 Å². The van der Waals surface area contributed by atoms with E-state index in [1.54, 1.807) is 0 Å². The molecule has 1 saturated carbocycles. The molecule has 2 rings (SSSR count). The van der Waals surface area contributed by atoms with Gasteiger partial charge in [-0.1, -0.05) is 23.2 Å². The minimum atomic E-state index is -1.15. The molecule has 3 atom stereocenters. The van der Waals surface area contributed by atoms with Gasteiger partial charge in [0.25, 0.3) is 0 Å². The summed E-state index contributed by atoms with van der Waals surface area (Å²) in [6.45, 7) is 0. The highest BCUT2D eigenvalue weighted by molar-refractivity contribution is 8.02. The predicted molar refractivity (Wildman–Crippen MR) is 48.6 cm³/mol. The van der Waals surface area contributed by atoms with Crippen molar-refractivity contribution in [2.45, 2.75) is 20.7 Å². The summed E-state index contributed by atoms with van der Waals surface area (Å²) in [6.07, 6.45) is 0.719. The molecule has 11 heavy (non-hydrogen) atoms. The van der Waals surface area contributed by atoms with E-state index < -0.39 is 4.33 Å². The summed E-state index contributed by atoms with van der Waals surface area (Å²) in [4.78, 5) is 11.2. The number of alkyl halides is 3. The van der Waals surface area contributed by atoms with E-state index >= 15 is 0 Å². The van der Waals surface area contributed by atoms with Crippen molar-refractivity contribution in [3.8, 4) is 0 Å². The first-order chi connectivity index (χ1) is 5.03. The van der Waals surface area contributed by atoms with E-state index in [4.69, 9.17) is 34.8 Å². The maximum atomic E-state index is 11.2. The number of hydrogen-bond donors (Lipinski definition) is 0. The number of carbonyl (C=O) groups is 1. The van der Waals surface area contributed by atoms with Crippen molar-refractivity contribution in [3.05, 3.63) is 0 Å². The monoisotopic (exact) mass is 230 g/mol. The second-order valence-electron chi connectivity index (χ2n) is 2.80. The van der Waals surface area contributed by atoms with Gasteiger partial charge in [0, 0.05) is 5.92 Å². The number of Topliss-reactive ketones (excluding diaryl/α,β-unsaturated/α-hetero) is 1. The summed E-state index contributed by atoms with van der Waals surface area (Å²) >= 11 is 18.8. The molecule has 5 heteroatoms. The molecular formula is C6H5Cl3OS. The van der Waals surface area contributed by atoms with Crippen molar-refractivity contribution in [2.75, 3.05) is 0 Å². The van der Waals surface area contributed by atoms with Crippen LogP contribution in [-0.2, 0) is 4.79 Å². The summed E-state index contributed by atoms with van der Waals surface area (Å²) in [5.74, 6) is -0.0426. The highest BCUT2D eigenvalue weighted by Crippen LogP contribution is 2.58. The van der Waals surface area contributed by atoms with Crippen LogP contribution in [0.25, 0.3) is 0 Å². The van der Waals surface area contributed by atoms with Crippen molar-refractivity contribution in [1.29, 1.82) is 0 Å². The van der Waals surface area contributed by atoms with Crippen molar-refractivity contribution < 1.29 is 4.79 Å². The Bertz CT molecular complexity index is 218. The SMILES string of the molecule is O=C1[C@@H]2C[C@@H](Cl)S[C@@H]2C1(Cl)Cl. The molecule has 1 aliphatic carbocycles. The van der Waals surface area contributed by atoms with Gasteiger partial charge in [0.05, 0.1) is 9.96 Å². The van der Waals surface area contributed by atoms with Gasteiger partial charge in [-0.25, -0.2) is 0 Å². The molecule has 1 heterocycles. The molecule has 0 N–H and O–H groups in total. The maximum absolute atomic E-state index is 11.2. The molecule has 1 aliphatic heterocycles. The van der Waals surface area contributed by atoms with Crippen LogP contribution in [0, 0.1) is 5.92 Å². The first-order valence-electron chi connectivity index (χ1n) is 3.25. The van der Waals surface area contributed by atoms with Crippen LogP contribution in [0.5, 0.6) is 0 Å². The smallest absolute Gasteiger partial charge is 0.188 e. The van der Waals surface area contributed by atoms with Crippen LogP contribution >= 0.6 is 46.6 Å². The zero-order valence-electron chi connectivity index (χ0n) is 5.39. The normalized spacial score (nSPS) is 46.8. The Morgan fingerprint density at radius 3 is 2.73 bits per heavy atom. The molecule has 0 amide bonds. The van der Waals surface area contributed by atoms with Crippen LogP contribution in [0.2, 0.25) is 0 Å². The lowest BCUT2D eigenvalue weighted by atomic mass is 9.80. The lowest BCUT2D eigenvalue weighted by Gasteiger charge is -2.39. The van der Waals surface area contributed by atoms with Gasteiger partial charge in [0.1, 0.15) is 0 Å². The standard InChI is InChI=1S/C6H5Cl3OS/c7-3-1-2-4(10)6(8,9)5(2)11-3/h2-3,5H,1H2/t2-,3-,5-/m0/s1. The fourth-order valence-electron chi connectivity index (χ4n) is 1.51. The number of halogens is 3. The number of carbonyl (C=O) groups excluding carboxylic acids is 1. The zero-order valence-corrected chi connectivity index (χ0v) is 8.47. The van der Waals surface area contributed by atoms with Gasteiger partial charge in [0.15, 0.2) is 10.1 Å². The van der Waals surface area contributed by atoms with E-state index in [-0.39, 0.29) is 21.7 Å². The lowest BCUT2D eigenvalue weighted by molar-refractivity contribution is -0.129. The van der Waals surface area contributed by atoms with E-state index in [2.05, 4.69) is 0 Å². The first kappa shape index (κ1) is 8.49. The third-order valence-corrected chi connectivity index (χ3v) is 5.17. The van der Waals surface area contributed by atoms with Gasteiger partial charge in [-0.3, -0.25) is 4.79 Å². The minimum Gasteiger partial charge on any atom is -0.296 e. The largest absolute Gasteiger partial charge is 0.296 e. The Labute approximate surface area is 83.7 Å². The van der Waals surface area contributed by atoms with Gasteiger partial charge in [-0.15, -0.1) is 23.4 Å². The second-order valence-corrected chi connectivity index (χ2v) is 6.32. The molecule has 0 aromatic rings. The van der Waals surface area contributed by atoms with Crippen molar-refractivity contribution in [2.24, 2.45) is 5.92 Å². The molecule has 1 saturated heterocycles. The molecule has 0 aromatic heterocycles. The number of ketones is 1. The van der Waals surface area contributed by atoms with E-state index in [1.165, 1.54) is 11.8 Å². The lowest BCUT2D eigenvalue weighted by Crippen LogP contribution is -2.56. The van der Waals surface area contributed by atoms with Crippen molar-refractivity contribution >= 4 is 52.3 Å². The van der Waals surface area contributed by atoms with Gasteiger partial charge >= 0.3 is 0 Å². The molecule has 2 fully saturated rings. The van der Waals surface area contributed by atoms with Crippen LogP contribution < -0.4 is 0 Å². The van der Waals surface area contributed by atoms with Crippen molar-refractivity contribution in [1.82, 2.24) is 0 Å². The third kappa shape index (κ3) is 1.03. The quantitative estimate of drug-likeness (QED) is 0.596. The van der Waals surface area contributed by atoms with E-state index in [9.17, 15) is 4.79 Å². The average Bonchev–Trinajstić information content (AvgIpc) is 2.29. The molecule has 0 aromatic carbocycles. The van der Waals surface area contributed by atoms with Crippen LogP contribution in [0.4, 0.5) is 0 Å². The Kier molecular flexibility index (Phi) is 1.88. The fourth-order valence-corrected chi connectivity index (χ4v) is 4.27. The van der Waals surface area contributed by atoms with Crippen LogP contribution in [0.1, 0.15) is 6.42 Å². The van der Waals surface area contributed by atoms with E-state index in [0.29, 0.717) is 0 Å². The average molecular weight is 232 g/mol. The summed E-state index contributed by atoms with van der Waals surface area (Å²) in [7, 11) is 0. The molecule has 0 bridgehead atoms. The molecule has 1 nitrogen and oxygen atoms in total. The number of thioether (sulfide) groups is 1. The van der Waals surface area contributed by atoms with E-state index in [0.717, 1.165) is 6.42 Å². The zero-order chi connectivity index (χ0) is 8.22. The molecule has 0 spiro atoms. The Morgan fingerprint density at radius 2 is 2.18 bits per heavy atom. The highest BCUT2D eigenvalue weighted by Gasteiger charge is 2.64. The van der Waals surface area contributed by atoms with Gasteiger partial charge < -0.3 is 0 Å².